The van der Waals surface area contributed by atoms with Crippen molar-refractivity contribution in [2.75, 3.05) is 0 Å². The second-order valence-corrected chi connectivity index (χ2v) is 15.3. The van der Waals surface area contributed by atoms with Gasteiger partial charge in [0.2, 0.25) is 0 Å². The zero-order chi connectivity index (χ0) is 37.5. The van der Waals surface area contributed by atoms with Gasteiger partial charge >= 0.3 is 0 Å². The summed E-state index contributed by atoms with van der Waals surface area (Å²) in [4.78, 5) is 0. The fraction of sp³-hybridized carbons (Fsp3) is 0.0182. The Kier molecular flexibility index (Phi) is 7.02. The Balaban J connectivity index is 1.02. The first-order valence-electron chi connectivity index (χ1n) is 19.8. The van der Waals surface area contributed by atoms with Gasteiger partial charge in [-0.2, -0.15) is 0 Å². The largest absolute Gasteiger partial charge is 0.309 e. The molecule has 0 saturated carbocycles. The molecule has 0 spiro atoms. The number of rotatable bonds is 5. The molecule has 2 heteroatoms. The molecule has 1 aliphatic rings. The van der Waals surface area contributed by atoms with Crippen LogP contribution < -0.4 is 0 Å². The average Bonchev–Trinajstić information content (AvgIpc) is 3.93. The highest BCUT2D eigenvalue weighted by Crippen LogP contribution is 2.43. The lowest BCUT2D eigenvalue weighted by atomic mass is 10.0. The predicted octanol–water partition coefficient (Wildman–Crippen LogP) is 14.5. The van der Waals surface area contributed by atoms with E-state index in [9.17, 15) is 0 Å². The molecule has 266 valence electrons. The van der Waals surface area contributed by atoms with E-state index in [0.717, 1.165) is 6.42 Å². The average molecular weight is 725 g/mol. The van der Waals surface area contributed by atoms with Crippen molar-refractivity contribution in [3.05, 3.63) is 217 Å². The molecule has 0 atom stereocenters. The molecule has 0 radical (unpaired) electrons. The molecule has 0 amide bonds. The third-order valence-electron chi connectivity index (χ3n) is 12.1. The quantitative estimate of drug-likeness (QED) is 0.167. The van der Waals surface area contributed by atoms with Gasteiger partial charge < -0.3 is 9.13 Å². The first-order valence-corrected chi connectivity index (χ1v) is 19.8. The Morgan fingerprint density at radius 2 is 0.632 bits per heavy atom. The van der Waals surface area contributed by atoms with Crippen molar-refractivity contribution >= 4 is 43.6 Å². The zero-order valence-corrected chi connectivity index (χ0v) is 31.2. The fourth-order valence-electron chi connectivity index (χ4n) is 9.41. The van der Waals surface area contributed by atoms with Crippen molar-refractivity contribution in [2.24, 2.45) is 0 Å². The van der Waals surface area contributed by atoms with Gasteiger partial charge in [0, 0.05) is 32.9 Å². The summed E-state index contributed by atoms with van der Waals surface area (Å²) in [6, 6.07) is 75.9. The summed E-state index contributed by atoms with van der Waals surface area (Å²) >= 11 is 0. The Bertz CT molecular complexity index is 3250. The molecule has 12 rings (SSSR count). The minimum atomic E-state index is 0.937. The monoisotopic (exact) mass is 724 g/mol. The van der Waals surface area contributed by atoms with E-state index < -0.39 is 0 Å². The highest BCUT2D eigenvalue weighted by molar-refractivity contribution is 6.12. The van der Waals surface area contributed by atoms with Crippen LogP contribution in [0.5, 0.6) is 0 Å². The van der Waals surface area contributed by atoms with Crippen LogP contribution in [0.15, 0.2) is 206 Å². The van der Waals surface area contributed by atoms with Crippen LogP contribution in [0.3, 0.4) is 0 Å². The summed E-state index contributed by atoms with van der Waals surface area (Å²) in [7, 11) is 0. The van der Waals surface area contributed by atoms with Gasteiger partial charge in [0.05, 0.1) is 22.1 Å². The van der Waals surface area contributed by atoms with Crippen molar-refractivity contribution in [3.63, 3.8) is 0 Å². The van der Waals surface area contributed by atoms with E-state index in [-0.39, 0.29) is 0 Å². The minimum Gasteiger partial charge on any atom is -0.309 e. The molecule has 1 aliphatic carbocycles. The lowest BCUT2D eigenvalue weighted by Crippen LogP contribution is -1.96. The highest BCUT2D eigenvalue weighted by Gasteiger charge is 2.23. The van der Waals surface area contributed by atoms with Crippen molar-refractivity contribution < 1.29 is 0 Å². The Hall–Kier alpha value is -7.42. The van der Waals surface area contributed by atoms with Crippen molar-refractivity contribution in [1.82, 2.24) is 9.13 Å². The molecule has 2 heterocycles. The van der Waals surface area contributed by atoms with Crippen LogP contribution in [0.1, 0.15) is 11.1 Å². The number of nitrogens with zero attached hydrogens (tertiary/aromatic N) is 2. The summed E-state index contributed by atoms with van der Waals surface area (Å²) in [6.45, 7) is 0. The number of fused-ring (bicyclic) bond motifs is 9. The summed E-state index contributed by atoms with van der Waals surface area (Å²) in [6.07, 6.45) is 0.937. The van der Waals surface area contributed by atoms with E-state index in [1.165, 1.54) is 111 Å². The van der Waals surface area contributed by atoms with Gasteiger partial charge in [-0.05, 0) is 129 Å². The van der Waals surface area contributed by atoms with Crippen LogP contribution in [0, 0.1) is 0 Å². The normalized spacial score (nSPS) is 12.1. The Morgan fingerprint density at radius 3 is 1.07 bits per heavy atom. The van der Waals surface area contributed by atoms with Crippen molar-refractivity contribution in [3.8, 4) is 55.9 Å². The third kappa shape index (κ3) is 5.04. The molecular formula is C55H36N2. The Morgan fingerprint density at radius 1 is 0.263 bits per heavy atom. The lowest BCUT2D eigenvalue weighted by Gasteiger charge is -2.13. The number of aromatic nitrogens is 2. The van der Waals surface area contributed by atoms with E-state index in [4.69, 9.17) is 0 Å². The van der Waals surface area contributed by atoms with E-state index in [0.29, 0.717) is 0 Å². The smallest absolute Gasteiger partial charge is 0.0541 e. The number of benzene rings is 9. The first-order chi connectivity index (χ1) is 28.2. The van der Waals surface area contributed by atoms with Gasteiger partial charge in [0.1, 0.15) is 0 Å². The maximum absolute atomic E-state index is 2.47. The summed E-state index contributed by atoms with van der Waals surface area (Å²) < 4.78 is 4.91. The second-order valence-electron chi connectivity index (χ2n) is 15.3. The van der Waals surface area contributed by atoms with Crippen molar-refractivity contribution in [2.45, 2.75) is 6.42 Å². The maximum Gasteiger partial charge on any atom is 0.0541 e. The highest BCUT2D eigenvalue weighted by atomic mass is 15.0. The van der Waals surface area contributed by atoms with Gasteiger partial charge in [0.15, 0.2) is 0 Å². The van der Waals surface area contributed by atoms with Crippen LogP contribution in [-0.4, -0.2) is 9.13 Å². The molecule has 9 aromatic carbocycles. The molecule has 0 bridgehead atoms. The molecule has 0 aliphatic heterocycles. The van der Waals surface area contributed by atoms with E-state index in [1.54, 1.807) is 0 Å². The molecule has 57 heavy (non-hydrogen) atoms. The predicted molar refractivity (Wildman–Crippen MR) is 240 cm³/mol. The van der Waals surface area contributed by atoms with Gasteiger partial charge in [-0.1, -0.05) is 140 Å². The molecule has 11 aromatic rings. The molecule has 0 fully saturated rings. The number of hydrogen-bond donors (Lipinski definition) is 0. The maximum atomic E-state index is 2.47. The van der Waals surface area contributed by atoms with Crippen molar-refractivity contribution in [1.29, 1.82) is 0 Å². The zero-order valence-electron chi connectivity index (χ0n) is 31.2. The number of hydrogen-bond acceptors (Lipinski definition) is 0. The second kappa shape index (κ2) is 12.6. The molecule has 2 aromatic heterocycles. The fourth-order valence-corrected chi connectivity index (χ4v) is 9.41. The summed E-state index contributed by atoms with van der Waals surface area (Å²) in [5.41, 5.74) is 20.0. The summed E-state index contributed by atoms with van der Waals surface area (Å²) in [5.74, 6) is 0. The van der Waals surface area contributed by atoms with Crippen LogP contribution in [-0.2, 0) is 6.42 Å². The van der Waals surface area contributed by atoms with Crippen LogP contribution in [0.2, 0.25) is 0 Å². The van der Waals surface area contributed by atoms with E-state index in [2.05, 4.69) is 215 Å². The molecular weight excluding hydrogens is 689 g/mol. The number of para-hydroxylation sites is 1. The first kappa shape index (κ1) is 31.9. The van der Waals surface area contributed by atoms with Crippen LogP contribution >= 0.6 is 0 Å². The van der Waals surface area contributed by atoms with Gasteiger partial charge in [-0.3, -0.25) is 0 Å². The molecule has 0 unspecified atom stereocenters. The van der Waals surface area contributed by atoms with E-state index in [1.807, 2.05) is 0 Å². The standard InChI is InChI=1S/C55H36N2/c1-4-12-36(13-5-1)39-22-27-53-49(31-39)46-18-10-11-19-52(46)56(53)44-25-20-42-30-43-21-26-45(35-48(43)47(42)34-44)57-54-28-23-40(37-14-6-2-7-15-37)32-50(54)51-33-41(24-29-55(51)57)38-16-8-3-9-17-38/h1-29,31-35H,30H2. The lowest BCUT2D eigenvalue weighted by molar-refractivity contribution is 1.17. The van der Waals surface area contributed by atoms with Gasteiger partial charge in [0.25, 0.3) is 0 Å². The van der Waals surface area contributed by atoms with E-state index >= 15 is 0 Å². The minimum absolute atomic E-state index is 0.937. The topological polar surface area (TPSA) is 9.86 Å². The summed E-state index contributed by atoms with van der Waals surface area (Å²) in [5, 5.41) is 5.06. The molecule has 0 saturated heterocycles. The van der Waals surface area contributed by atoms with Crippen LogP contribution in [0.4, 0.5) is 0 Å². The SMILES string of the molecule is c1ccc(-c2ccc3c(c2)c2ccccc2n3-c2ccc3c(c2)-c2cc(-n4c5ccc(-c6ccccc6)cc5c5cc(-c6ccccc6)ccc54)ccc2C3)cc1. The van der Waals surface area contributed by atoms with Crippen LogP contribution in [0.25, 0.3) is 99.5 Å². The Labute approximate surface area is 331 Å². The third-order valence-corrected chi connectivity index (χ3v) is 12.1. The van der Waals surface area contributed by atoms with Gasteiger partial charge in [-0.25, -0.2) is 0 Å². The molecule has 0 N–H and O–H groups in total. The van der Waals surface area contributed by atoms with Gasteiger partial charge in [-0.15, -0.1) is 0 Å². The molecule has 2 nitrogen and oxygen atoms in total.